The first-order chi connectivity index (χ1) is 5.00. The molecule has 1 aliphatic rings. The van der Waals surface area contributed by atoms with Crippen LogP contribution in [0.3, 0.4) is 0 Å². The fourth-order valence-electron chi connectivity index (χ4n) is 1.48. The second kappa shape index (κ2) is 2.48. The van der Waals surface area contributed by atoms with Crippen LogP contribution in [0.4, 0.5) is 0 Å². The van der Waals surface area contributed by atoms with Crippen molar-refractivity contribution in [1.29, 1.82) is 0 Å². The van der Waals surface area contributed by atoms with E-state index in [9.17, 15) is 4.79 Å². The van der Waals surface area contributed by atoms with Crippen LogP contribution in [0.1, 0.15) is 20.8 Å². The van der Waals surface area contributed by atoms with Gasteiger partial charge in [-0.3, -0.25) is 9.69 Å². The lowest BCUT2D eigenvalue weighted by atomic mass is 10.2. The van der Waals surface area contributed by atoms with Gasteiger partial charge in [-0.2, -0.15) is 0 Å². The highest BCUT2D eigenvalue weighted by molar-refractivity contribution is 5.81. The van der Waals surface area contributed by atoms with Gasteiger partial charge in [0.05, 0.1) is 12.2 Å². The first-order valence-corrected chi connectivity index (χ1v) is 4.02. The third kappa shape index (κ3) is 1.13. The molecule has 0 unspecified atom stereocenters. The minimum Gasteiger partial charge on any atom is -0.327 e. The highest BCUT2D eigenvalue weighted by Gasteiger charge is 2.40. The Morgan fingerprint density at radius 1 is 1.55 bits per heavy atom. The second-order valence-electron chi connectivity index (χ2n) is 3.46. The fraction of sp³-hybridized carbons (Fsp3) is 0.875. The number of nitrogens with zero attached hydrogens (tertiary/aromatic N) is 2. The van der Waals surface area contributed by atoms with E-state index in [1.165, 1.54) is 0 Å². The van der Waals surface area contributed by atoms with Crippen LogP contribution in [0.25, 0.3) is 0 Å². The Balaban J connectivity index is 2.82. The molecule has 0 saturated carbocycles. The third-order valence-electron chi connectivity index (χ3n) is 2.68. The number of carbonyl (C=O) groups is 1. The molecule has 1 fully saturated rings. The van der Waals surface area contributed by atoms with Gasteiger partial charge < -0.3 is 4.90 Å². The van der Waals surface area contributed by atoms with Crippen molar-refractivity contribution < 1.29 is 4.79 Å². The van der Waals surface area contributed by atoms with Crippen molar-refractivity contribution in [2.75, 3.05) is 20.1 Å². The van der Waals surface area contributed by atoms with E-state index in [0.717, 1.165) is 6.54 Å². The average molecular weight is 156 g/mol. The second-order valence-corrected chi connectivity index (χ2v) is 3.46. The van der Waals surface area contributed by atoms with Crippen LogP contribution < -0.4 is 0 Å². The van der Waals surface area contributed by atoms with Crippen LogP contribution in [0.5, 0.6) is 0 Å². The van der Waals surface area contributed by atoms with Crippen LogP contribution in [0, 0.1) is 0 Å². The zero-order valence-electron chi connectivity index (χ0n) is 7.72. The van der Waals surface area contributed by atoms with Gasteiger partial charge in [0.2, 0.25) is 5.91 Å². The van der Waals surface area contributed by atoms with Gasteiger partial charge >= 0.3 is 0 Å². The monoisotopic (exact) mass is 156 g/mol. The summed E-state index contributed by atoms with van der Waals surface area (Å²) in [5.41, 5.74) is -0.0914. The van der Waals surface area contributed by atoms with Crippen molar-refractivity contribution in [2.45, 2.75) is 26.4 Å². The molecule has 0 spiro atoms. The molecule has 0 aromatic rings. The fourth-order valence-corrected chi connectivity index (χ4v) is 1.48. The molecule has 0 aliphatic carbocycles. The summed E-state index contributed by atoms with van der Waals surface area (Å²) in [6, 6.07) is 0. The van der Waals surface area contributed by atoms with Gasteiger partial charge in [0.25, 0.3) is 0 Å². The summed E-state index contributed by atoms with van der Waals surface area (Å²) in [4.78, 5) is 15.2. The molecule has 0 atom stereocenters. The Kier molecular flexibility index (Phi) is 1.92. The predicted octanol–water partition coefficient (Wildman–Crippen LogP) is 0.516. The topological polar surface area (TPSA) is 23.6 Å². The Labute approximate surface area is 68.0 Å². The van der Waals surface area contributed by atoms with Crippen LogP contribution in [-0.4, -0.2) is 41.5 Å². The Morgan fingerprint density at radius 2 is 2.09 bits per heavy atom. The van der Waals surface area contributed by atoms with Crippen molar-refractivity contribution in [3.05, 3.63) is 0 Å². The minimum atomic E-state index is -0.0914. The average Bonchev–Trinajstić information content (AvgIpc) is 2.13. The van der Waals surface area contributed by atoms with Gasteiger partial charge in [-0.25, -0.2) is 0 Å². The Hall–Kier alpha value is -0.570. The van der Waals surface area contributed by atoms with Crippen LogP contribution in [0.15, 0.2) is 0 Å². The smallest absolute Gasteiger partial charge is 0.238 e. The van der Waals surface area contributed by atoms with E-state index in [4.69, 9.17) is 0 Å². The van der Waals surface area contributed by atoms with Crippen molar-refractivity contribution in [3.63, 3.8) is 0 Å². The highest BCUT2D eigenvalue weighted by Crippen LogP contribution is 2.24. The molecule has 3 nitrogen and oxygen atoms in total. The van der Waals surface area contributed by atoms with E-state index in [1.807, 2.05) is 7.05 Å². The van der Waals surface area contributed by atoms with Crippen molar-refractivity contribution in [2.24, 2.45) is 0 Å². The van der Waals surface area contributed by atoms with Gasteiger partial charge in [0.1, 0.15) is 0 Å². The maximum Gasteiger partial charge on any atom is 0.238 e. The zero-order chi connectivity index (χ0) is 8.65. The lowest BCUT2D eigenvalue weighted by Crippen LogP contribution is -2.46. The highest BCUT2D eigenvalue weighted by atomic mass is 16.2. The van der Waals surface area contributed by atoms with Crippen molar-refractivity contribution in [3.8, 4) is 0 Å². The van der Waals surface area contributed by atoms with E-state index in [0.29, 0.717) is 6.54 Å². The van der Waals surface area contributed by atoms with Gasteiger partial charge in [-0.05, 0) is 20.4 Å². The molecule has 3 heteroatoms. The number of likely N-dealkylation sites (N-methyl/N-ethyl adjacent to an activating group) is 2. The number of hydrogen-bond donors (Lipinski definition) is 0. The summed E-state index contributed by atoms with van der Waals surface area (Å²) in [7, 11) is 1.86. The van der Waals surface area contributed by atoms with Crippen LogP contribution in [-0.2, 0) is 4.79 Å². The molecule has 0 aromatic carbocycles. The Bertz CT molecular complexity index is 177. The van der Waals surface area contributed by atoms with Crippen molar-refractivity contribution in [1.82, 2.24) is 9.80 Å². The van der Waals surface area contributed by atoms with Gasteiger partial charge in [-0.1, -0.05) is 6.92 Å². The first-order valence-electron chi connectivity index (χ1n) is 4.02. The van der Waals surface area contributed by atoms with E-state index >= 15 is 0 Å². The molecule has 0 N–H and O–H groups in total. The molecule has 0 bridgehead atoms. The quantitative estimate of drug-likeness (QED) is 0.552. The summed E-state index contributed by atoms with van der Waals surface area (Å²) in [5, 5.41) is 0. The van der Waals surface area contributed by atoms with E-state index in [1.54, 1.807) is 4.90 Å². The summed E-state index contributed by atoms with van der Waals surface area (Å²) in [6.45, 7) is 7.72. The summed E-state index contributed by atoms with van der Waals surface area (Å²) >= 11 is 0. The molecule has 11 heavy (non-hydrogen) atoms. The minimum absolute atomic E-state index is 0.0914. The number of hydrogen-bond acceptors (Lipinski definition) is 2. The maximum absolute atomic E-state index is 11.2. The van der Waals surface area contributed by atoms with E-state index in [-0.39, 0.29) is 11.6 Å². The Morgan fingerprint density at radius 3 is 2.27 bits per heavy atom. The zero-order valence-corrected chi connectivity index (χ0v) is 7.72. The molecule has 1 rings (SSSR count). The molecule has 0 radical (unpaired) electrons. The summed E-state index contributed by atoms with van der Waals surface area (Å²) < 4.78 is 0. The standard InChI is InChI=1S/C8H16N2O/c1-5-10-6-7(11)9(4)8(10,2)3/h5-6H2,1-4H3. The number of amides is 1. The van der Waals surface area contributed by atoms with E-state index < -0.39 is 0 Å². The molecular weight excluding hydrogens is 140 g/mol. The number of carbonyl (C=O) groups excluding carboxylic acids is 1. The van der Waals surface area contributed by atoms with Crippen LogP contribution in [0.2, 0.25) is 0 Å². The lowest BCUT2D eigenvalue weighted by Gasteiger charge is -2.34. The summed E-state index contributed by atoms with van der Waals surface area (Å²) in [5.74, 6) is 0.219. The molecule has 1 saturated heterocycles. The third-order valence-corrected chi connectivity index (χ3v) is 2.68. The SMILES string of the molecule is CCN1CC(=O)N(C)C1(C)C. The molecule has 1 heterocycles. The largest absolute Gasteiger partial charge is 0.327 e. The normalized spacial score (nSPS) is 24.7. The summed E-state index contributed by atoms with van der Waals surface area (Å²) in [6.07, 6.45) is 0. The number of rotatable bonds is 1. The predicted molar refractivity (Wildman–Crippen MR) is 44.1 cm³/mol. The van der Waals surface area contributed by atoms with Gasteiger partial charge in [0.15, 0.2) is 0 Å². The maximum atomic E-state index is 11.2. The lowest BCUT2D eigenvalue weighted by molar-refractivity contribution is -0.128. The molecule has 64 valence electrons. The van der Waals surface area contributed by atoms with Crippen molar-refractivity contribution >= 4 is 5.91 Å². The van der Waals surface area contributed by atoms with Crippen LogP contribution >= 0.6 is 0 Å². The molecule has 1 aliphatic heterocycles. The van der Waals surface area contributed by atoms with E-state index in [2.05, 4.69) is 25.7 Å². The molecule has 1 amide bonds. The first kappa shape index (κ1) is 8.53. The molecular formula is C8H16N2O. The molecule has 0 aromatic heterocycles. The van der Waals surface area contributed by atoms with Gasteiger partial charge in [0, 0.05) is 7.05 Å². The van der Waals surface area contributed by atoms with Gasteiger partial charge in [-0.15, -0.1) is 0 Å².